The van der Waals surface area contributed by atoms with Crippen molar-refractivity contribution in [3.8, 4) is 0 Å². The van der Waals surface area contributed by atoms with Crippen molar-refractivity contribution < 1.29 is 0 Å². The van der Waals surface area contributed by atoms with E-state index < -0.39 is 0 Å². The molecule has 0 aliphatic carbocycles. The van der Waals surface area contributed by atoms with Crippen molar-refractivity contribution in [3.05, 3.63) is 29.3 Å². The Bertz CT molecular complexity index is 298. The smallest absolute Gasteiger partial charge is 0.0211 e. The Kier molecular flexibility index (Phi) is 5.32. The van der Waals surface area contributed by atoms with Crippen LogP contribution in [0.15, 0.2) is 18.2 Å². The van der Waals surface area contributed by atoms with Crippen molar-refractivity contribution in [1.82, 2.24) is 0 Å². The van der Waals surface area contributed by atoms with Crippen LogP contribution in [-0.4, -0.2) is 12.3 Å². The Morgan fingerprint density at radius 3 is 2.07 bits per heavy atom. The molecule has 1 heteroatoms. The van der Waals surface area contributed by atoms with Crippen molar-refractivity contribution >= 4 is 13.2 Å². The molecule has 84 valence electrons. The first-order valence-electron chi connectivity index (χ1n) is 6.01. The lowest BCUT2D eigenvalue weighted by molar-refractivity contribution is 1.06. The summed E-state index contributed by atoms with van der Waals surface area (Å²) >= 11 is 0. The number of benzene rings is 1. The van der Waals surface area contributed by atoms with Gasteiger partial charge in [0.2, 0.25) is 0 Å². The van der Waals surface area contributed by atoms with Crippen LogP contribution in [0.2, 0.25) is 0 Å². The van der Waals surface area contributed by atoms with Crippen molar-refractivity contribution in [2.75, 3.05) is 12.3 Å². The fourth-order valence-electron chi connectivity index (χ4n) is 2.05. The van der Waals surface area contributed by atoms with Gasteiger partial charge >= 0.3 is 0 Å². The molecule has 0 spiro atoms. The highest BCUT2D eigenvalue weighted by Gasteiger charge is 2.10. The Balaban J connectivity index is 2.89. The van der Waals surface area contributed by atoms with Gasteiger partial charge in [0.05, 0.1) is 0 Å². The molecule has 15 heavy (non-hydrogen) atoms. The first-order valence-corrected chi connectivity index (χ1v) is 7.72. The Morgan fingerprint density at radius 1 is 1.00 bits per heavy atom. The summed E-state index contributed by atoms with van der Waals surface area (Å²) in [6.45, 7) is 9.05. The Labute approximate surface area is 95.9 Å². The fraction of sp³-hybridized carbons (Fsp3) is 0.571. The van der Waals surface area contributed by atoms with E-state index in [0.717, 1.165) is 0 Å². The van der Waals surface area contributed by atoms with Gasteiger partial charge in [0.15, 0.2) is 0 Å². The van der Waals surface area contributed by atoms with Crippen LogP contribution in [0.1, 0.15) is 37.8 Å². The van der Waals surface area contributed by atoms with Gasteiger partial charge in [-0.05, 0) is 37.0 Å². The summed E-state index contributed by atoms with van der Waals surface area (Å²) in [4.78, 5) is 0. The molecule has 1 rings (SSSR count). The third-order valence-corrected chi connectivity index (χ3v) is 5.84. The second-order valence-corrected chi connectivity index (χ2v) is 6.73. The zero-order valence-corrected chi connectivity index (χ0v) is 11.4. The van der Waals surface area contributed by atoms with E-state index in [1.165, 1.54) is 36.3 Å². The van der Waals surface area contributed by atoms with E-state index in [4.69, 9.17) is 0 Å². The third kappa shape index (κ3) is 3.61. The van der Waals surface area contributed by atoms with Crippen molar-refractivity contribution in [3.63, 3.8) is 0 Å². The summed E-state index contributed by atoms with van der Waals surface area (Å²) < 4.78 is 0. The van der Waals surface area contributed by atoms with Crippen LogP contribution in [0.25, 0.3) is 0 Å². The number of hydrogen-bond donors (Lipinski definition) is 0. The van der Waals surface area contributed by atoms with E-state index in [2.05, 4.69) is 45.9 Å². The van der Waals surface area contributed by atoms with Gasteiger partial charge in [-0.15, -0.1) is 0 Å². The summed E-state index contributed by atoms with van der Waals surface area (Å²) in [6, 6.07) is 6.96. The van der Waals surface area contributed by atoms with Crippen LogP contribution in [-0.2, 0) is 0 Å². The minimum Gasteiger partial charge on any atom is -0.0750 e. The molecule has 0 atom stereocenters. The lowest BCUT2D eigenvalue weighted by Gasteiger charge is -2.19. The molecule has 0 heterocycles. The zero-order chi connectivity index (χ0) is 11.3. The Morgan fingerprint density at radius 2 is 1.60 bits per heavy atom. The molecule has 0 aliphatic heterocycles. The van der Waals surface area contributed by atoms with Crippen LogP contribution >= 0.6 is 7.92 Å². The minimum absolute atomic E-state index is 0.111. The van der Waals surface area contributed by atoms with Crippen LogP contribution in [0.3, 0.4) is 0 Å². The average molecular weight is 222 g/mol. The zero-order valence-electron chi connectivity index (χ0n) is 10.5. The van der Waals surface area contributed by atoms with Gasteiger partial charge in [0.25, 0.3) is 0 Å². The van der Waals surface area contributed by atoms with Gasteiger partial charge in [-0.3, -0.25) is 0 Å². The molecule has 0 aromatic heterocycles. The van der Waals surface area contributed by atoms with Gasteiger partial charge in [0.1, 0.15) is 0 Å². The van der Waals surface area contributed by atoms with E-state index in [-0.39, 0.29) is 7.92 Å². The molecule has 0 N–H and O–H groups in total. The maximum absolute atomic E-state index is 2.36. The van der Waals surface area contributed by atoms with Crippen LogP contribution < -0.4 is 5.30 Å². The second kappa shape index (κ2) is 6.28. The summed E-state index contributed by atoms with van der Waals surface area (Å²) in [7, 11) is 0.111. The number of aryl methyl sites for hydroxylation is 2. The van der Waals surface area contributed by atoms with Gasteiger partial charge < -0.3 is 0 Å². The van der Waals surface area contributed by atoms with E-state index in [1.807, 2.05) is 0 Å². The largest absolute Gasteiger partial charge is 0.0750 e. The highest BCUT2D eigenvalue weighted by Crippen LogP contribution is 2.37. The first-order chi connectivity index (χ1) is 7.19. The van der Waals surface area contributed by atoms with Crippen molar-refractivity contribution in [2.24, 2.45) is 0 Å². The first kappa shape index (κ1) is 12.7. The van der Waals surface area contributed by atoms with Crippen molar-refractivity contribution in [1.29, 1.82) is 0 Å². The van der Waals surface area contributed by atoms with E-state index in [0.29, 0.717) is 0 Å². The Hall–Kier alpha value is -0.350. The summed E-state index contributed by atoms with van der Waals surface area (Å²) in [5.41, 5.74) is 2.89. The van der Waals surface area contributed by atoms with Gasteiger partial charge in [-0.25, -0.2) is 0 Å². The SMILES string of the molecule is CCCP(CCC)c1ccc(C)cc1C. The lowest BCUT2D eigenvalue weighted by Crippen LogP contribution is -2.10. The minimum atomic E-state index is 0.111. The monoisotopic (exact) mass is 222 g/mol. The van der Waals surface area contributed by atoms with Crippen LogP contribution in [0, 0.1) is 13.8 Å². The average Bonchev–Trinajstić information content (AvgIpc) is 2.17. The summed E-state index contributed by atoms with van der Waals surface area (Å²) in [5, 5.41) is 1.64. The van der Waals surface area contributed by atoms with Gasteiger partial charge in [0, 0.05) is 0 Å². The highest BCUT2D eigenvalue weighted by molar-refractivity contribution is 7.65. The molecule has 0 nitrogen and oxygen atoms in total. The number of rotatable bonds is 5. The number of hydrogen-bond acceptors (Lipinski definition) is 0. The second-order valence-electron chi connectivity index (χ2n) is 4.28. The fourth-order valence-corrected chi connectivity index (χ4v) is 4.69. The summed E-state index contributed by atoms with van der Waals surface area (Å²) in [6.07, 6.45) is 5.43. The standard InChI is InChI=1S/C14H23P/c1-5-9-15(10-6-2)14-8-7-12(3)11-13(14)4/h7-8,11H,5-6,9-10H2,1-4H3. The summed E-state index contributed by atoms with van der Waals surface area (Å²) in [5.74, 6) is 0. The molecule has 0 bridgehead atoms. The molecule has 0 amide bonds. The lowest BCUT2D eigenvalue weighted by atomic mass is 10.2. The topological polar surface area (TPSA) is 0 Å². The van der Waals surface area contributed by atoms with E-state index >= 15 is 0 Å². The van der Waals surface area contributed by atoms with E-state index in [9.17, 15) is 0 Å². The molecular weight excluding hydrogens is 199 g/mol. The maximum atomic E-state index is 2.36. The quantitative estimate of drug-likeness (QED) is 0.654. The van der Waals surface area contributed by atoms with Gasteiger partial charge in [-0.2, -0.15) is 0 Å². The molecule has 0 radical (unpaired) electrons. The molecule has 1 aromatic rings. The predicted octanol–water partition coefficient (Wildman–Crippen LogP) is 4.23. The molecular formula is C14H23P. The molecule has 0 fully saturated rings. The predicted molar refractivity (Wildman–Crippen MR) is 72.8 cm³/mol. The highest BCUT2D eigenvalue weighted by atomic mass is 31.1. The third-order valence-electron chi connectivity index (χ3n) is 2.68. The van der Waals surface area contributed by atoms with E-state index in [1.54, 1.807) is 5.30 Å². The maximum Gasteiger partial charge on any atom is -0.0211 e. The molecule has 0 aliphatic rings. The van der Waals surface area contributed by atoms with Crippen molar-refractivity contribution in [2.45, 2.75) is 40.5 Å². The molecule has 0 saturated carbocycles. The normalized spacial score (nSPS) is 11.0. The van der Waals surface area contributed by atoms with Gasteiger partial charge in [-0.1, -0.05) is 58.4 Å². The van der Waals surface area contributed by atoms with Crippen LogP contribution in [0.4, 0.5) is 0 Å². The molecule has 0 saturated heterocycles. The van der Waals surface area contributed by atoms with Crippen LogP contribution in [0.5, 0.6) is 0 Å². The molecule has 1 aromatic carbocycles. The molecule has 0 unspecified atom stereocenters.